The number of halogens is 3. The monoisotopic (exact) mass is 358 g/mol. The van der Waals surface area contributed by atoms with E-state index in [9.17, 15) is 4.39 Å². The van der Waals surface area contributed by atoms with Crippen LogP contribution in [-0.2, 0) is 0 Å². The van der Waals surface area contributed by atoms with Crippen LogP contribution in [0.2, 0.25) is 5.02 Å². The van der Waals surface area contributed by atoms with E-state index >= 15 is 0 Å². The van der Waals surface area contributed by atoms with Gasteiger partial charge in [-0.1, -0.05) is 23.8 Å². The first-order chi connectivity index (χ1) is 8.97. The first-order valence-corrected chi connectivity index (χ1v) is 6.87. The second-order valence-electron chi connectivity index (χ2n) is 3.81. The number of nitrogens with two attached hydrogens (primary N) is 1. The summed E-state index contributed by atoms with van der Waals surface area (Å²) in [7, 11) is 0. The minimum Gasteiger partial charge on any atom is -0.389 e. The SMILES string of the molecule is NC(=S)c1ccc(Nc2cc(Cl)ccc2F)c(Br)c1. The molecule has 0 bridgehead atoms. The molecule has 0 heterocycles. The molecule has 0 amide bonds. The smallest absolute Gasteiger partial charge is 0.146 e. The van der Waals surface area contributed by atoms with Crippen LogP contribution in [0.15, 0.2) is 40.9 Å². The molecule has 0 saturated carbocycles. The predicted molar refractivity (Wildman–Crippen MR) is 84.7 cm³/mol. The van der Waals surface area contributed by atoms with Gasteiger partial charge in [0.25, 0.3) is 0 Å². The third-order valence-corrected chi connectivity index (χ3v) is 3.58. The summed E-state index contributed by atoms with van der Waals surface area (Å²) in [6.45, 7) is 0. The van der Waals surface area contributed by atoms with Crippen LogP contribution in [-0.4, -0.2) is 4.99 Å². The van der Waals surface area contributed by atoms with Crippen LogP contribution in [0.3, 0.4) is 0 Å². The lowest BCUT2D eigenvalue weighted by molar-refractivity contribution is 0.632. The Balaban J connectivity index is 2.33. The Bertz CT molecular complexity index is 649. The molecular weight excluding hydrogens is 351 g/mol. The third kappa shape index (κ3) is 3.43. The highest BCUT2D eigenvalue weighted by Crippen LogP contribution is 2.29. The standard InChI is InChI=1S/C13H9BrClFN2S/c14-9-5-7(13(17)19)1-4-11(9)18-12-6-8(15)2-3-10(12)16/h1-6,18H,(H2,17,19). The number of rotatable bonds is 3. The summed E-state index contributed by atoms with van der Waals surface area (Å²) >= 11 is 14.1. The van der Waals surface area contributed by atoms with E-state index in [-0.39, 0.29) is 5.82 Å². The van der Waals surface area contributed by atoms with E-state index in [1.54, 1.807) is 18.2 Å². The lowest BCUT2D eigenvalue weighted by atomic mass is 10.2. The zero-order valence-electron chi connectivity index (χ0n) is 9.58. The van der Waals surface area contributed by atoms with E-state index in [0.717, 1.165) is 10.0 Å². The van der Waals surface area contributed by atoms with Crippen molar-refractivity contribution >= 4 is 56.1 Å². The molecular formula is C13H9BrClFN2S. The zero-order valence-corrected chi connectivity index (χ0v) is 12.7. The van der Waals surface area contributed by atoms with Crippen molar-refractivity contribution in [1.82, 2.24) is 0 Å². The van der Waals surface area contributed by atoms with Gasteiger partial charge in [0.15, 0.2) is 0 Å². The molecule has 2 rings (SSSR count). The van der Waals surface area contributed by atoms with Crippen molar-refractivity contribution in [2.24, 2.45) is 5.73 Å². The average molecular weight is 360 g/mol. The van der Waals surface area contributed by atoms with Gasteiger partial charge in [0.2, 0.25) is 0 Å². The third-order valence-electron chi connectivity index (χ3n) is 2.45. The highest BCUT2D eigenvalue weighted by atomic mass is 79.9. The van der Waals surface area contributed by atoms with Crippen molar-refractivity contribution in [2.45, 2.75) is 0 Å². The molecule has 0 aliphatic heterocycles. The van der Waals surface area contributed by atoms with Gasteiger partial charge in [0, 0.05) is 15.1 Å². The van der Waals surface area contributed by atoms with E-state index in [1.165, 1.54) is 18.2 Å². The predicted octanol–water partition coefficient (Wildman–Crippen LogP) is 4.62. The topological polar surface area (TPSA) is 38.0 Å². The highest BCUT2D eigenvalue weighted by molar-refractivity contribution is 9.10. The van der Waals surface area contributed by atoms with Gasteiger partial charge in [-0.2, -0.15) is 0 Å². The maximum atomic E-state index is 13.6. The van der Waals surface area contributed by atoms with Crippen LogP contribution in [0.5, 0.6) is 0 Å². The van der Waals surface area contributed by atoms with Gasteiger partial charge in [-0.05, 0) is 52.3 Å². The fourth-order valence-electron chi connectivity index (χ4n) is 1.51. The number of hydrogen-bond donors (Lipinski definition) is 2. The van der Waals surface area contributed by atoms with Gasteiger partial charge >= 0.3 is 0 Å². The summed E-state index contributed by atoms with van der Waals surface area (Å²) in [5.41, 5.74) is 7.27. The van der Waals surface area contributed by atoms with Crippen LogP contribution in [0.25, 0.3) is 0 Å². The van der Waals surface area contributed by atoms with Crippen LogP contribution in [0.1, 0.15) is 5.56 Å². The molecule has 0 atom stereocenters. The zero-order chi connectivity index (χ0) is 14.0. The molecule has 19 heavy (non-hydrogen) atoms. The molecule has 0 saturated heterocycles. The normalized spacial score (nSPS) is 10.3. The van der Waals surface area contributed by atoms with Gasteiger partial charge in [-0.3, -0.25) is 0 Å². The van der Waals surface area contributed by atoms with Crippen LogP contribution < -0.4 is 11.1 Å². The second kappa shape index (κ2) is 5.86. The number of benzene rings is 2. The molecule has 0 spiro atoms. The van der Waals surface area contributed by atoms with E-state index in [1.807, 2.05) is 0 Å². The maximum absolute atomic E-state index is 13.6. The summed E-state index contributed by atoms with van der Waals surface area (Å²) in [5.74, 6) is -0.380. The first-order valence-electron chi connectivity index (χ1n) is 5.29. The van der Waals surface area contributed by atoms with Crippen LogP contribution in [0.4, 0.5) is 15.8 Å². The molecule has 2 aromatic carbocycles. The van der Waals surface area contributed by atoms with E-state index in [4.69, 9.17) is 29.6 Å². The van der Waals surface area contributed by atoms with Crippen molar-refractivity contribution in [3.05, 3.63) is 57.3 Å². The largest absolute Gasteiger partial charge is 0.389 e. The molecule has 0 aromatic heterocycles. The number of nitrogens with one attached hydrogen (secondary N) is 1. The van der Waals surface area contributed by atoms with Gasteiger partial charge in [0.1, 0.15) is 10.8 Å². The number of thiocarbonyl (C=S) groups is 1. The highest BCUT2D eigenvalue weighted by Gasteiger charge is 2.07. The molecule has 0 radical (unpaired) electrons. The van der Waals surface area contributed by atoms with Gasteiger partial charge in [0.05, 0.1) is 11.4 Å². The summed E-state index contributed by atoms with van der Waals surface area (Å²) in [5, 5.41) is 3.42. The van der Waals surface area contributed by atoms with E-state index < -0.39 is 0 Å². The van der Waals surface area contributed by atoms with Crippen molar-refractivity contribution in [3.8, 4) is 0 Å². The number of anilines is 2. The lowest BCUT2D eigenvalue weighted by Crippen LogP contribution is -2.09. The molecule has 0 fully saturated rings. The molecule has 2 nitrogen and oxygen atoms in total. The Hall–Kier alpha value is -1.17. The van der Waals surface area contributed by atoms with Gasteiger partial charge in [-0.25, -0.2) is 4.39 Å². The molecule has 0 unspecified atom stereocenters. The Morgan fingerprint density at radius 1 is 1.21 bits per heavy atom. The summed E-state index contributed by atoms with van der Waals surface area (Å²) in [6, 6.07) is 9.61. The number of hydrogen-bond acceptors (Lipinski definition) is 2. The van der Waals surface area contributed by atoms with Crippen molar-refractivity contribution in [1.29, 1.82) is 0 Å². The van der Waals surface area contributed by atoms with E-state index in [0.29, 0.717) is 21.4 Å². The molecule has 0 aliphatic carbocycles. The fourth-order valence-corrected chi connectivity index (χ4v) is 2.29. The molecule has 3 N–H and O–H groups in total. The minimum absolute atomic E-state index is 0.302. The van der Waals surface area contributed by atoms with Crippen molar-refractivity contribution < 1.29 is 4.39 Å². The maximum Gasteiger partial charge on any atom is 0.146 e. The fraction of sp³-hybridized carbons (Fsp3) is 0. The van der Waals surface area contributed by atoms with Gasteiger partial charge < -0.3 is 11.1 Å². The van der Waals surface area contributed by atoms with E-state index in [2.05, 4.69) is 21.2 Å². The molecule has 6 heteroatoms. The summed E-state index contributed by atoms with van der Waals surface area (Å²) in [6.07, 6.45) is 0. The Morgan fingerprint density at radius 2 is 1.95 bits per heavy atom. The lowest BCUT2D eigenvalue weighted by Gasteiger charge is -2.11. The Kier molecular flexibility index (Phi) is 4.39. The summed E-state index contributed by atoms with van der Waals surface area (Å²) < 4.78 is 14.4. The Labute approximate surface area is 128 Å². The summed E-state index contributed by atoms with van der Waals surface area (Å²) in [4.78, 5) is 0.307. The molecule has 0 aliphatic rings. The Morgan fingerprint density at radius 3 is 2.58 bits per heavy atom. The quantitative estimate of drug-likeness (QED) is 0.785. The average Bonchev–Trinajstić information content (AvgIpc) is 2.36. The first kappa shape index (κ1) is 14.2. The van der Waals surface area contributed by atoms with Crippen molar-refractivity contribution in [2.75, 3.05) is 5.32 Å². The minimum atomic E-state index is -0.380. The van der Waals surface area contributed by atoms with Gasteiger partial charge in [-0.15, -0.1) is 0 Å². The second-order valence-corrected chi connectivity index (χ2v) is 5.54. The van der Waals surface area contributed by atoms with Crippen LogP contribution in [0, 0.1) is 5.82 Å². The molecule has 2 aromatic rings. The molecule has 98 valence electrons. The van der Waals surface area contributed by atoms with Crippen molar-refractivity contribution in [3.63, 3.8) is 0 Å². The van der Waals surface area contributed by atoms with Crippen LogP contribution >= 0.6 is 39.7 Å².